The highest BCUT2D eigenvalue weighted by molar-refractivity contribution is 6.07. The van der Waals surface area contributed by atoms with E-state index in [0.29, 0.717) is 41.3 Å². The molecule has 3 atom stereocenters. The van der Waals surface area contributed by atoms with Crippen molar-refractivity contribution in [2.45, 2.75) is 31.4 Å². The standard InChI is InChI=1S/C32H33N5O4/c1-23(11-9-10-18-36-20-29(33-34-36)27(21-38)24-12-5-3-6-13-24)32(41)28-19-26(16-17-30(28)35(2)31(32)40)37(22-39)25-14-7-4-8-15-25/h3-9,11-17,19-20,22-23,27,38,41H,10,18,21H2,1-2H3/b11-9+/t23-,27?,32+/m1/s1. The van der Waals surface area contributed by atoms with Gasteiger partial charge in [0.05, 0.1) is 23.9 Å². The molecule has 0 aliphatic carbocycles. The second-order valence-corrected chi connectivity index (χ2v) is 10.2. The molecule has 1 aromatic heterocycles. The van der Waals surface area contributed by atoms with Crippen molar-refractivity contribution in [3.05, 3.63) is 114 Å². The highest BCUT2D eigenvalue weighted by Gasteiger charge is 2.51. The average Bonchev–Trinajstić information content (AvgIpc) is 3.55. The van der Waals surface area contributed by atoms with Crippen molar-refractivity contribution >= 4 is 29.4 Å². The molecule has 1 aliphatic rings. The van der Waals surface area contributed by atoms with E-state index in [1.807, 2.05) is 79.0 Å². The first-order chi connectivity index (χ1) is 19.9. The van der Waals surface area contributed by atoms with Gasteiger partial charge < -0.3 is 15.1 Å². The summed E-state index contributed by atoms with van der Waals surface area (Å²) in [4.78, 5) is 28.3. The minimum Gasteiger partial charge on any atom is -0.395 e. The van der Waals surface area contributed by atoms with Crippen LogP contribution in [0.1, 0.15) is 36.1 Å². The van der Waals surface area contributed by atoms with Crippen LogP contribution in [0.2, 0.25) is 0 Å². The highest BCUT2D eigenvalue weighted by atomic mass is 16.3. The number of rotatable bonds is 11. The summed E-state index contributed by atoms with van der Waals surface area (Å²) < 4.78 is 1.72. The molecule has 210 valence electrons. The number of aryl methyl sites for hydroxylation is 1. The van der Waals surface area contributed by atoms with E-state index in [9.17, 15) is 19.8 Å². The highest BCUT2D eigenvalue weighted by Crippen LogP contribution is 2.46. The van der Waals surface area contributed by atoms with Crippen molar-refractivity contribution in [3.63, 3.8) is 0 Å². The lowest BCUT2D eigenvalue weighted by Gasteiger charge is -2.27. The minimum atomic E-state index is -1.79. The summed E-state index contributed by atoms with van der Waals surface area (Å²) in [6.45, 7) is 2.28. The number of fused-ring (bicyclic) bond motifs is 1. The topological polar surface area (TPSA) is 112 Å². The molecule has 2 heterocycles. The number of aliphatic hydroxyl groups is 2. The van der Waals surface area contributed by atoms with E-state index >= 15 is 0 Å². The first kappa shape index (κ1) is 27.9. The SMILES string of the molecule is C[C@H](/C=C/CCn1cc(C(CO)c2ccccc2)nn1)[C@@]1(O)C(=O)N(C)c2ccc(N(C=O)c3ccccc3)cc21. The number of para-hydroxylation sites is 1. The molecule has 0 radical (unpaired) electrons. The summed E-state index contributed by atoms with van der Waals surface area (Å²) >= 11 is 0. The van der Waals surface area contributed by atoms with Gasteiger partial charge in [0.15, 0.2) is 5.60 Å². The first-order valence-corrected chi connectivity index (χ1v) is 13.6. The molecule has 5 rings (SSSR count). The third-order valence-electron chi connectivity index (χ3n) is 7.71. The lowest BCUT2D eigenvalue weighted by molar-refractivity contribution is -0.139. The summed E-state index contributed by atoms with van der Waals surface area (Å²) in [6, 6.07) is 24.1. The van der Waals surface area contributed by atoms with Gasteiger partial charge in [0.25, 0.3) is 5.91 Å². The normalized spacial score (nSPS) is 18.0. The largest absolute Gasteiger partial charge is 0.395 e. The van der Waals surface area contributed by atoms with Gasteiger partial charge >= 0.3 is 0 Å². The lowest BCUT2D eigenvalue weighted by atomic mass is 9.82. The zero-order valence-electron chi connectivity index (χ0n) is 23.0. The number of nitrogens with zero attached hydrogens (tertiary/aromatic N) is 5. The van der Waals surface area contributed by atoms with Crippen LogP contribution in [0.4, 0.5) is 17.1 Å². The fraction of sp³-hybridized carbons (Fsp3) is 0.250. The van der Waals surface area contributed by atoms with E-state index in [2.05, 4.69) is 10.3 Å². The number of hydrogen-bond donors (Lipinski definition) is 2. The number of likely N-dealkylation sites (N-methyl/N-ethyl adjacent to an activating group) is 1. The number of carbonyl (C=O) groups excluding carboxylic acids is 2. The van der Waals surface area contributed by atoms with Crippen molar-refractivity contribution in [3.8, 4) is 0 Å². The molecule has 1 unspecified atom stereocenters. The Kier molecular flexibility index (Phi) is 8.09. The first-order valence-electron chi connectivity index (χ1n) is 13.6. The maximum Gasteiger partial charge on any atom is 0.264 e. The molecule has 9 nitrogen and oxygen atoms in total. The molecule has 0 saturated heterocycles. The van der Waals surface area contributed by atoms with Gasteiger partial charge in [0.2, 0.25) is 6.41 Å². The maximum atomic E-state index is 13.3. The van der Waals surface area contributed by atoms with Crippen LogP contribution in [0.5, 0.6) is 0 Å². The van der Waals surface area contributed by atoms with E-state index < -0.39 is 17.4 Å². The van der Waals surface area contributed by atoms with Crippen LogP contribution < -0.4 is 9.80 Å². The van der Waals surface area contributed by atoms with Crippen molar-refractivity contribution in [2.24, 2.45) is 5.92 Å². The Morgan fingerprint density at radius 1 is 1.02 bits per heavy atom. The van der Waals surface area contributed by atoms with E-state index in [4.69, 9.17) is 0 Å². The van der Waals surface area contributed by atoms with Gasteiger partial charge in [-0.05, 0) is 42.3 Å². The summed E-state index contributed by atoms with van der Waals surface area (Å²) in [6.07, 6.45) is 6.90. The monoisotopic (exact) mass is 551 g/mol. The molecular weight excluding hydrogens is 518 g/mol. The second-order valence-electron chi connectivity index (χ2n) is 10.2. The third-order valence-corrected chi connectivity index (χ3v) is 7.71. The van der Waals surface area contributed by atoms with Crippen LogP contribution in [0.25, 0.3) is 0 Å². The number of aromatic nitrogens is 3. The zero-order valence-corrected chi connectivity index (χ0v) is 23.0. The molecule has 9 heteroatoms. The van der Waals surface area contributed by atoms with Crippen LogP contribution in [0, 0.1) is 5.92 Å². The van der Waals surface area contributed by atoms with Crippen molar-refractivity contribution < 1.29 is 19.8 Å². The number of carbonyl (C=O) groups is 2. The molecular formula is C32H33N5O4. The quantitative estimate of drug-likeness (QED) is 0.214. The molecule has 41 heavy (non-hydrogen) atoms. The summed E-state index contributed by atoms with van der Waals surface area (Å²) in [5, 5.41) is 30.2. The van der Waals surface area contributed by atoms with Crippen LogP contribution in [-0.4, -0.2) is 51.2 Å². The van der Waals surface area contributed by atoms with Gasteiger partial charge in [-0.1, -0.05) is 72.8 Å². The van der Waals surface area contributed by atoms with Gasteiger partial charge in [0.1, 0.15) is 0 Å². The number of amides is 2. The fourth-order valence-electron chi connectivity index (χ4n) is 5.34. The average molecular weight is 552 g/mol. The van der Waals surface area contributed by atoms with E-state index in [-0.39, 0.29) is 12.5 Å². The van der Waals surface area contributed by atoms with E-state index in [1.54, 1.807) is 36.9 Å². The molecule has 1 aliphatic heterocycles. The zero-order chi connectivity index (χ0) is 29.0. The van der Waals surface area contributed by atoms with Crippen LogP contribution in [0.3, 0.4) is 0 Å². The number of benzene rings is 3. The number of aliphatic hydroxyl groups excluding tert-OH is 1. The van der Waals surface area contributed by atoms with Crippen molar-refractivity contribution in [1.82, 2.24) is 15.0 Å². The van der Waals surface area contributed by atoms with Crippen LogP contribution in [0.15, 0.2) is 97.2 Å². The Morgan fingerprint density at radius 2 is 1.73 bits per heavy atom. The molecule has 2 N–H and O–H groups in total. The summed E-state index contributed by atoms with van der Waals surface area (Å²) in [5.41, 5.74) is 2.18. The number of allylic oxidation sites excluding steroid dienone is 1. The van der Waals surface area contributed by atoms with Crippen LogP contribution >= 0.6 is 0 Å². The Labute approximate surface area is 239 Å². The number of hydrogen-bond acceptors (Lipinski definition) is 6. The minimum absolute atomic E-state index is 0.0691. The molecule has 4 aromatic rings. The maximum absolute atomic E-state index is 13.3. The van der Waals surface area contributed by atoms with E-state index in [0.717, 1.165) is 12.0 Å². The van der Waals surface area contributed by atoms with Gasteiger partial charge in [0, 0.05) is 42.6 Å². The van der Waals surface area contributed by atoms with E-state index in [1.165, 1.54) is 9.80 Å². The molecule has 2 amide bonds. The van der Waals surface area contributed by atoms with Gasteiger partial charge in [-0.15, -0.1) is 5.10 Å². The number of anilines is 3. The Morgan fingerprint density at radius 3 is 2.41 bits per heavy atom. The molecule has 3 aromatic carbocycles. The molecule has 0 fully saturated rings. The van der Waals surface area contributed by atoms with Gasteiger partial charge in [-0.3, -0.25) is 19.2 Å². The van der Waals surface area contributed by atoms with Gasteiger partial charge in [-0.25, -0.2) is 0 Å². The predicted octanol–water partition coefficient (Wildman–Crippen LogP) is 4.14. The molecule has 0 bridgehead atoms. The molecule has 0 saturated carbocycles. The third kappa shape index (κ3) is 5.29. The van der Waals surface area contributed by atoms with Crippen LogP contribution in [-0.2, 0) is 21.7 Å². The predicted molar refractivity (Wildman–Crippen MR) is 157 cm³/mol. The van der Waals surface area contributed by atoms with Crippen molar-refractivity contribution in [2.75, 3.05) is 23.5 Å². The Hall–Kier alpha value is -4.60. The summed E-state index contributed by atoms with van der Waals surface area (Å²) in [7, 11) is 1.64. The smallest absolute Gasteiger partial charge is 0.264 e. The second kappa shape index (κ2) is 11.9. The van der Waals surface area contributed by atoms with Crippen molar-refractivity contribution in [1.29, 1.82) is 0 Å². The molecule has 0 spiro atoms. The van der Waals surface area contributed by atoms with Gasteiger partial charge in [-0.2, -0.15) is 0 Å². The summed E-state index contributed by atoms with van der Waals surface area (Å²) in [5.74, 6) is -1.21. The Balaban J connectivity index is 1.31. The lowest BCUT2D eigenvalue weighted by Crippen LogP contribution is -2.43. The fourth-order valence-corrected chi connectivity index (χ4v) is 5.34. The Bertz CT molecular complexity index is 1540.